The van der Waals surface area contributed by atoms with Gasteiger partial charge in [0, 0.05) is 47.6 Å². The highest BCUT2D eigenvalue weighted by Gasteiger charge is 2.28. The Morgan fingerprint density at radius 3 is 2.54 bits per heavy atom. The number of nitrogens with one attached hydrogen (secondary N) is 1. The Labute approximate surface area is 205 Å². The van der Waals surface area contributed by atoms with Gasteiger partial charge < -0.3 is 10.1 Å². The summed E-state index contributed by atoms with van der Waals surface area (Å²) in [4.78, 5) is 20.4. The Balaban J connectivity index is 1.78. The Kier molecular flexibility index (Phi) is 6.88. The summed E-state index contributed by atoms with van der Waals surface area (Å²) in [5, 5.41) is 9.81. The number of nitrogens with zero attached hydrogens (tertiary/aromatic N) is 2. The van der Waals surface area contributed by atoms with Crippen molar-refractivity contribution < 1.29 is 27.1 Å². The quantitative estimate of drug-likeness (QED) is 0.333. The van der Waals surface area contributed by atoms with Gasteiger partial charge in [-0.25, -0.2) is 22.2 Å². The Morgan fingerprint density at radius 2 is 1.86 bits per heavy atom. The summed E-state index contributed by atoms with van der Waals surface area (Å²) in [5.41, 5.74) is 0.387. The van der Waals surface area contributed by atoms with Gasteiger partial charge in [-0.2, -0.15) is 0 Å². The molecule has 2 aromatic carbocycles. The van der Waals surface area contributed by atoms with Crippen molar-refractivity contribution in [3.8, 4) is 11.1 Å². The minimum absolute atomic E-state index is 0.0240. The number of H-pyrrole nitrogens is 1. The molecule has 0 aliphatic carbocycles. The first kappa shape index (κ1) is 24.8. The van der Waals surface area contributed by atoms with Crippen molar-refractivity contribution in [1.29, 1.82) is 0 Å². The summed E-state index contributed by atoms with van der Waals surface area (Å²) in [6.07, 6.45) is 2.84. The number of carbonyl (C=O) groups is 1. The molecular formula is C24H20ClF2N3O4S. The van der Waals surface area contributed by atoms with Crippen LogP contribution in [0.15, 0.2) is 54.9 Å². The topological polar surface area (TPSA) is 103 Å². The van der Waals surface area contributed by atoms with E-state index < -0.39 is 44.4 Å². The van der Waals surface area contributed by atoms with E-state index in [1.54, 1.807) is 36.5 Å². The molecule has 0 atom stereocenters. The molecule has 2 heterocycles. The average Bonchev–Trinajstić information content (AvgIpc) is 3.26. The van der Waals surface area contributed by atoms with Crippen LogP contribution in [0.3, 0.4) is 0 Å². The Hall–Kier alpha value is -3.34. The van der Waals surface area contributed by atoms with E-state index in [1.165, 1.54) is 6.20 Å². The molecule has 0 saturated carbocycles. The third-order valence-electron chi connectivity index (χ3n) is 5.57. The Bertz CT molecular complexity index is 1520. The van der Waals surface area contributed by atoms with Crippen molar-refractivity contribution in [2.24, 2.45) is 0 Å². The van der Waals surface area contributed by atoms with E-state index in [0.29, 0.717) is 25.9 Å². The molecule has 0 spiro atoms. The molecule has 2 aromatic heterocycles. The van der Waals surface area contributed by atoms with Crippen LogP contribution in [-0.4, -0.2) is 48.7 Å². The number of hydrogen-bond donors (Lipinski definition) is 2. The molecule has 2 N–H and O–H groups in total. The van der Waals surface area contributed by atoms with E-state index in [9.17, 15) is 17.6 Å². The first-order chi connectivity index (χ1) is 16.6. The molecule has 0 fully saturated rings. The van der Waals surface area contributed by atoms with Crippen LogP contribution in [0.5, 0.6) is 0 Å². The van der Waals surface area contributed by atoms with Crippen molar-refractivity contribution in [1.82, 2.24) is 9.97 Å². The van der Waals surface area contributed by atoms with Crippen LogP contribution >= 0.6 is 11.6 Å². The summed E-state index contributed by atoms with van der Waals surface area (Å²) < 4.78 is 55.7. The number of aromatic amines is 1. The third-order valence-corrected chi connectivity index (χ3v) is 7.66. The van der Waals surface area contributed by atoms with Gasteiger partial charge in [-0.15, -0.1) is 0 Å². The molecule has 0 radical (unpaired) electrons. The van der Waals surface area contributed by atoms with Crippen molar-refractivity contribution in [3.63, 3.8) is 0 Å². The first-order valence-corrected chi connectivity index (χ1v) is 12.5. The molecule has 4 aromatic rings. The Morgan fingerprint density at radius 1 is 1.14 bits per heavy atom. The number of anilines is 1. The molecule has 0 saturated heterocycles. The number of aliphatic hydroxyl groups excluding tert-OH is 1. The standard InChI is InChI=1S/C24H20ClF2N3O4S/c1-30(35(33,34)10-2-9-31)20-8-7-19(26)21(22(20)27)23(32)18-13-29-24-17(18)11-15(12-28-24)14-3-5-16(25)6-4-14/h3-8,11-13,31H,2,9-10H2,1H3,(H,28,29). The molecule has 11 heteroatoms. The zero-order valence-corrected chi connectivity index (χ0v) is 20.0. The lowest BCUT2D eigenvalue weighted by Gasteiger charge is -2.21. The van der Waals surface area contributed by atoms with Gasteiger partial charge in [0.25, 0.3) is 0 Å². The number of rotatable bonds is 8. The van der Waals surface area contributed by atoms with Crippen molar-refractivity contribution >= 4 is 44.1 Å². The summed E-state index contributed by atoms with van der Waals surface area (Å²) >= 11 is 5.94. The molecule has 35 heavy (non-hydrogen) atoms. The zero-order chi connectivity index (χ0) is 25.3. The predicted molar refractivity (Wildman–Crippen MR) is 130 cm³/mol. The molecule has 7 nitrogen and oxygen atoms in total. The molecule has 0 aliphatic heterocycles. The van der Waals surface area contributed by atoms with E-state index in [4.69, 9.17) is 16.7 Å². The second kappa shape index (κ2) is 9.73. The van der Waals surface area contributed by atoms with Crippen molar-refractivity contribution in [2.45, 2.75) is 6.42 Å². The second-order valence-electron chi connectivity index (χ2n) is 7.77. The lowest BCUT2D eigenvalue weighted by molar-refractivity contribution is 0.103. The fraction of sp³-hybridized carbons (Fsp3) is 0.167. The van der Waals surface area contributed by atoms with Gasteiger partial charge in [-0.05, 0) is 42.3 Å². The average molecular weight is 520 g/mol. The summed E-state index contributed by atoms with van der Waals surface area (Å²) in [5.74, 6) is -3.85. The molecule has 0 unspecified atom stereocenters. The van der Waals surface area contributed by atoms with E-state index >= 15 is 4.39 Å². The number of aliphatic hydroxyl groups is 1. The largest absolute Gasteiger partial charge is 0.396 e. The van der Waals surface area contributed by atoms with Crippen LogP contribution in [0, 0.1) is 11.6 Å². The normalized spacial score (nSPS) is 11.7. The van der Waals surface area contributed by atoms with E-state index in [1.807, 2.05) is 0 Å². The van der Waals surface area contributed by atoms with E-state index in [2.05, 4.69) is 9.97 Å². The van der Waals surface area contributed by atoms with E-state index in [0.717, 1.165) is 24.7 Å². The third kappa shape index (κ3) is 4.77. The summed E-state index contributed by atoms with van der Waals surface area (Å²) in [7, 11) is -2.90. The fourth-order valence-electron chi connectivity index (χ4n) is 3.65. The van der Waals surface area contributed by atoms with Gasteiger partial charge in [0.2, 0.25) is 15.8 Å². The van der Waals surface area contributed by atoms with Crippen molar-refractivity contribution in [3.05, 3.63) is 82.6 Å². The number of ketones is 1. The van der Waals surface area contributed by atoms with Crippen LogP contribution in [-0.2, 0) is 10.0 Å². The molecule has 0 bridgehead atoms. The zero-order valence-electron chi connectivity index (χ0n) is 18.4. The monoisotopic (exact) mass is 519 g/mol. The fourth-order valence-corrected chi connectivity index (χ4v) is 4.99. The van der Waals surface area contributed by atoms with Crippen LogP contribution in [0.25, 0.3) is 22.2 Å². The van der Waals surface area contributed by atoms with Gasteiger partial charge in [-0.3, -0.25) is 9.10 Å². The maximum absolute atomic E-state index is 15.4. The maximum Gasteiger partial charge on any atom is 0.235 e. The molecule has 4 rings (SSSR count). The van der Waals surface area contributed by atoms with Gasteiger partial charge in [0.15, 0.2) is 5.82 Å². The number of carbonyl (C=O) groups excluding carboxylic acids is 1. The van der Waals surface area contributed by atoms with Gasteiger partial charge in [0.05, 0.1) is 17.0 Å². The highest BCUT2D eigenvalue weighted by molar-refractivity contribution is 7.92. The lowest BCUT2D eigenvalue weighted by atomic mass is 10.00. The highest BCUT2D eigenvalue weighted by atomic mass is 35.5. The van der Waals surface area contributed by atoms with Gasteiger partial charge >= 0.3 is 0 Å². The van der Waals surface area contributed by atoms with Gasteiger partial charge in [0.1, 0.15) is 11.5 Å². The van der Waals surface area contributed by atoms with Gasteiger partial charge in [-0.1, -0.05) is 23.7 Å². The number of fused-ring (bicyclic) bond motifs is 1. The lowest BCUT2D eigenvalue weighted by Crippen LogP contribution is -2.30. The van der Waals surface area contributed by atoms with Crippen molar-refractivity contribution in [2.75, 3.05) is 23.7 Å². The number of pyridine rings is 1. The molecule has 0 amide bonds. The second-order valence-corrected chi connectivity index (χ2v) is 10.3. The molecular weight excluding hydrogens is 500 g/mol. The minimum Gasteiger partial charge on any atom is -0.396 e. The predicted octanol–water partition coefficient (Wildman–Crippen LogP) is 4.54. The van der Waals surface area contributed by atoms with Crippen LogP contribution in [0.1, 0.15) is 22.3 Å². The van der Waals surface area contributed by atoms with Crippen LogP contribution in [0.4, 0.5) is 14.5 Å². The number of halogens is 3. The molecule has 0 aliphatic rings. The highest BCUT2D eigenvalue weighted by Crippen LogP contribution is 2.31. The first-order valence-electron chi connectivity index (χ1n) is 10.5. The number of aromatic nitrogens is 2. The van der Waals surface area contributed by atoms with Crippen LogP contribution in [0.2, 0.25) is 5.02 Å². The summed E-state index contributed by atoms with van der Waals surface area (Å²) in [6.45, 7) is -0.366. The van der Waals surface area contributed by atoms with Crippen LogP contribution < -0.4 is 4.31 Å². The van der Waals surface area contributed by atoms with E-state index in [-0.39, 0.29) is 18.6 Å². The maximum atomic E-state index is 15.4. The molecule has 182 valence electrons. The SMILES string of the molecule is CN(c1ccc(F)c(C(=O)c2c[nH]c3ncc(-c4ccc(Cl)cc4)cc23)c1F)S(=O)(=O)CCCO. The number of benzene rings is 2. The summed E-state index contributed by atoms with van der Waals surface area (Å²) in [6, 6.07) is 10.4. The minimum atomic E-state index is -4.01. The number of sulfonamides is 1. The number of hydrogen-bond acceptors (Lipinski definition) is 5. The smallest absolute Gasteiger partial charge is 0.235 e.